The maximum absolute atomic E-state index is 13.0. The summed E-state index contributed by atoms with van der Waals surface area (Å²) < 4.78 is 11.0. The normalized spacial score (nSPS) is 19.2. The molecule has 0 bridgehead atoms. The number of rotatable bonds is 8. The molecule has 1 N–H and O–H groups in total. The molecular weight excluding hydrogens is 356 g/mol. The number of methoxy groups -OCH3 is 2. The van der Waals surface area contributed by atoms with Gasteiger partial charge in [-0.3, -0.25) is 9.59 Å². The second-order valence-electron chi connectivity index (χ2n) is 8.33. The number of hydrogen-bond donors (Lipinski definition) is 1. The number of nitrogens with zero attached hydrogens (tertiary/aromatic N) is 1. The molecule has 1 fully saturated rings. The SMILES string of the molecule is COc1cccc(C2CN(C(=O)CC(C)C)CC2C(=O)NCC(C)C)c1OC. The van der Waals surface area contributed by atoms with Crippen molar-refractivity contribution in [1.82, 2.24) is 10.2 Å². The maximum Gasteiger partial charge on any atom is 0.225 e. The molecule has 2 atom stereocenters. The van der Waals surface area contributed by atoms with Crippen molar-refractivity contribution in [3.05, 3.63) is 23.8 Å². The average molecular weight is 391 g/mol. The van der Waals surface area contributed by atoms with Gasteiger partial charge >= 0.3 is 0 Å². The Labute approximate surface area is 168 Å². The Morgan fingerprint density at radius 3 is 2.39 bits per heavy atom. The van der Waals surface area contributed by atoms with Crippen LogP contribution in [-0.2, 0) is 9.59 Å². The van der Waals surface area contributed by atoms with E-state index in [-0.39, 0.29) is 29.6 Å². The van der Waals surface area contributed by atoms with Gasteiger partial charge in [-0.2, -0.15) is 0 Å². The molecule has 0 aromatic heterocycles. The smallest absolute Gasteiger partial charge is 0.225 e. The van der Waals surface area contributed by atoms with Crippen molar-refractivity contribution in [1.29, 1.82) is 0 Å². The van der Waals surface area contributed by atoms with Gasteiger partial charge in [-0.1, -0.05) is 39.8 Å². The highest BCUT2D eigenvalue weighted by molar-refractivity contribution is 5.83. The number of hydrogen-bond acceptors (Lipinski definition) is 4. The Morgan fingerprint density at radius 2 is 1.82 bits per heavy atom. The molecule has 156 valence electrons. The molecule has 2 rings (SSSR count). The van der Waals surface area contributed by atoms with Crippen LogP contribution < -0.4 is 14.8 Å². The third-order valence-corrected chi connectivity index (χ3v) is 5.11. The molecular formula is C22H34N2O4. The molecule has 0 aliphatic carbocycles. The molecule has 2 unspecified atom stereocenters. The predicted molar refractivity (Wildman–Crippen MR) is 110 cm³/mol. The lowest BCUT2D eigenvalue weighted by atomic mass is 9.87. The standard InChI is InChI=1S/C22H34N2O4/c1-14(2)10-20(25)24-12-17(18(13-24)22(26)23-11-15(3)4)16-8-7-9-19(27-5)21(16)28-6/h7-9,14-15,17-18H,10-13H2,1-6H3,(H,23,26). The summed E-state index contributed by atoms with van der Waals surface area (Å²) in [6.45, 7) is 9.76. The van der Waals surface area contributed by atoms with Gasteiger partial charge in [-0.25, -0.2) is 0 Å². The van der Waals surface area contributed by atoms with Crippen LogP contribution in [0.2, 0.25) is 0 Å². The van der Waals surface area contributed by atoms with Gasteiger partial charge in [-0.15, -0.1) is 0 Å². The fraction of sp³-hybridized carbons (Fsp3) is 0.636. The zero-order valence-corrected chi connectivity index (χ0v) is 18.0. The number of likely N-dealkylation sites (tertiary alicyclic amines) is 1. The van der Waals surface area contributed by atoms with Crippen LogP contribution in [0.1, 0.15) is 45.6 Å². The number of para-hydroxylation sites is 1. The van der Waals surface area contributed by atoms with E-state index in [1.54, 1.807) is 14.2 Å². The lowest BCUT2D eigenvalue weighted by Gasteiger charge is -2.22. The molecule has 0 saturated carbocycles. The molecule has 0 spiro atoms. The van der Waals surface area contributed by atoms with Crippen molar-refractivity contribution in [2.45, 2.75) is 40.0 Å². The second kappa shape index (κ2) is 9.80. The molecule has 6 heteroatoms. The summed E-state index contributed by atoms with van der Waals surface area (Å²) >= 11 is 0. The molecule has 1 heterocycles. The third kappa shape index (κ3) is 5.18. The van der Waals surface area contributed by atoms with Gasteiger partial charge in [0, 0.05) is 37.5 Å². The van der Waals surface area contributed by atoms with Gasteiger partial charge in [0.2, 0.25) is 11.8 Å². The van der Waals surface area contributed by atoms with E-state index in [0.29, 0.717) is 43.5 Å². The van der Waals surface area contributed by atoms with Crippen LogP contribution >= 0.6 is 0 Å². The van der Waals surface area contributed by atoms with Crippen molar-refractivity contribution >= 4 is 11.8 Å². The van der Waals surface area contributed by atoms with Crippen LogP contribution in [0.3, 0.4) is 0 Å². The number of carbonyl (C=O) groups is 2. The highest BCUT2D eigenvalue weighted by Gasteiger charge is 2.41. The summed E-state index contributed by atoms with van der Waals surface area (Å²) in [5.74, 6) is 1.57. The molecule has 0 radical (unpaired) electrons. The lowest BCUT2D eigenvalue weighted by Crippen LogP contribution is -2.37. The minimum Gasteiger partial charge on any atom is -0.493 e. The Kier molecular flexibility index (Phi) is 7.72. The van der Waals surface area contributed by atoms with E-state index < -0.39 is 0 Å². The molecule has 28 heavy (non-hydrogen) atoms. The van der Waals surface area contributed by atoms with Crippen molar-refractivity contribution in [2.75, 3.05) is 33.9 Å². The number of amides is 2. The van der Waals surface area contributed by atoms with Crippen LogP contribution in [0.15, 0.2) is 18.2 Å². The molecule has 1 aliphatic rings. The van der Waals surface area contributed by atoms with Crippen LogP contribution in [0.5, 0.6) is 11.5 Å². The number of benzene rings is 1. The Balaban J connectivity index is 2.34. The topological polar surface area (TPSA) is 67.9 Å². The largest absolute Gasteiger partial charge is 0.493 e. The number of nitrogens with one attached hydrogen (secondary N) is 1. The van der Waals surface area contributed by atoms with E-state index in [2.05, 4.69) is 19.2 Å². The van der Waals surface area contributed by atoms with E-state index in [1.807, 2.05) is 36.9 Å². The third-order valence-electron chi connectivity index (χ3n) is 5.11. The van der Waals surface area contributed by atoms with E-state index in [4.69, 9.17) is 9.47 Å². The zero-order chi connectivity index (χ0) is 20.8. The van der Waals surface area contributed by atoms with E-state index in [9.17, 15) is 9.59 Å². The van der Waals surface area contributed by atoms with Gasteiger partial charge in [0.25, 0.3) is 0 Å². The van der Waals surface area contributed by atoms with Crippen LogP contribution in [-0.4, -0.2) is 50.6 Å². The fourth-order valence-corrected chi connectivity index (χ4v) is 3.71. The van der Waals surface area contributed by atoms with Gasteiger partial charge in [-0.05, 0) is 17.9 Å². The monoisotopic (exact) mass is 390 g/mol. The second-order valence-corrected chi connectivity index (χ2v) is 8.33. The molecule has 2 amide bonds. The van der Waals surface area contributed by atoms with Crippen molar-refractivity contribution < 1.29 is 19.1 Å². The lowest BCUT2D eigenvalue weighted by molar-refractivity contribution is -0.131. The van der Waals surface area contributed by atoms with Crippen LogP contribution in [0.4, 0.5) is 0 Å². The quantitative estimate of drug-likeness (QED) is 0.741. The first-order chi connectivity index (χ1) is 13.3. The summed E-state index contributed by atoms with van der Waals surface area (Å²) in [7, 11) is 3.20. The Hall–Kier alpha value is -2.24. The van der Waals surface area contributed by atoms with Crippen molar-refractivity contribution in [3.8, 4) is 11.5 Å². The number of ether oxygens (including phenoxy) is 2. The molecule has 1 aromatic rings. The highest BCUT2D eigenvalue weighted by atomic mass is 16.5. The van der Waals surface area contributed by atoms with Crippen molar-refractivity contribution in [2.24, 2.45) is 17.8 Å². The van der Waals surface area contributed by atoms with Gasteiger partial charge < -0.3 is 19.7 Å². The van der Waals surface area contributed by atoms with E-state index in [1.165, 1.54) is 0 Å². The molecule has 6 nitrogen and oxygen atoms in total. The number of carbonyl (C=O) groups excluding carboxylic acids is 2. The molecule has 1 aromatic carbocycles. The summed E-state index contributed by atoms with van der Waals surface area (Å²) in [6, 6.07) is 5.70. The fourth-order valence-electron chi connectivity index (χ4n) is 3.71. The first-order valence-electron chi connectivity index (χ1n) is 10.0. The highest BCUT2D eigenvalue weighted by Crippen LogP contribution is 2.42. The Morgan fingerprint density at radius 1 is 1.11 bits per heavy atom. The minimum absolute atomic E-state index is 0.0107. The van der Waals surface area contributed by atoms with Gasteiger partial charge in [0.05, 0.1) is 20.1 Å². The zero-order valence-electron chi connectivity index (χ0n) is 18.0. The van der Waals surface area contributed by atoms with Crippen molar-refractivity contribution in [3.63, 3.8) is 0 Å². The predicted octanol–water partition coefficient (Wildman–Crippen LogP) is 3.06. The summed E-state index contributed by atoms with van der Waals surface area (Å²) in [5, 5.41) is 3.04. The molecule has 1 saturated heterocycles. The van der Waals surface area contributed by atoms with Crippen LogP contribution in [0, 0.1) is 17.8 Å². The van der Waals surface area contributed by atoms with Crippen LogP contribution in [0.25, 0.3) is 0 Å². The van der Waals surface area contributed by atoms with Gasteiger partial charge in [0.15, 0.2) is 11.5 Å². The van der Waals surface area contributed by atoms with E-state index in [0.717, 1.165) is 5.56 Å². The first kappa shape index (κ1) is 22.1. The summed E-state index contributed by atoms with van der Waals surface area (Å²) in [6.07, 6.45) is 0.488. The summed E-state index contributed by atoms with van der Waals surface area (Å²) in [5.41, 5.74) is 0.909. The maximum atomic E-state index is 13.0. The summed E-state index contributed by atoms with van der Waals surface area (Å²) in [4.78, 5) is 27.5. The molecule has 1 aliphatic heterocycles. The first-order valence-corrected chi connectivity index (χ1v) is 10.0. The van der Waals surface area contributed by atoms with Gasteiger partial charge in [0.1, 0.15) is 0 Å². The minimum atomic E-state index is -0.309. The van der Waals surface area contributed by atoms with E-state index >= 15 is 0 Å². The average Bonchev–Trinajstić information content (AvgIpc) is 3.10. The Bertz CT molecular complexity index is 687.